The highest BCUT2D eigenvalue weighted by Gasteiger charge is 2.20. The van der Waals surface area contributed by atoms with Gasteiger partial charge in [-0.25, -0.2) is 0 Å². The summed E-state index contributed by atoms with van der Waals surface area (Å²) >= 11 is 0. The summed E-state index contributed by atoms with van der Waals surface area (Å²) in [6, 6.07) is 5.59. The minimum absolute atomic E-state index is 0.220. The van der Waals surface area contributed by atoms with Crippen molar-refractivity contribution in [3.8, 4) is 0 Å². The van der Waals surface area contributed by atoms with Crippen LogP contribution < -0.4 is 0 Å². The number of nitrogens with zero attached hydrogens (tertiary/aromatic N) is 2. The van der Waals surface area contributed by atoms with Crippen LogP contribution in [0.1, 0.15) is 50.8 Å². The fourth-order valence-corrected chi connectivity index (χ4v) is 2.56. The lowest BCUT2D eigenvalue weighted by Crippen LogP contribution is -2.29. The van der Waals surface area contributed by atoms with Crippen molar-refractivity contribution in [1.29, 1.82) is 0 Å². The van der Waals surface area contributed by atoms with Crippen LogP contribution in [0.25, 0.3) is 0 Å². The van der Waals surface area contributed by atoms with Gasteiger partial charge in [0.15, 0.2) is 0 Å². The normalized spacial score (nSPS) is 12.7. The summed E-state index contributed by atoms with van der Waals surface area (Å²) in [4.78, 5) is 13.1. The Morgan fingerprint density at radius 1 is 1.26 bits per heavy atom. The monoisotopic (exact) mass is 264 g/mol. The van der Waals surface area contributed by atoms with Crippen LogP contribution in [0.15, 0.2) is 18.2 Å². The first-order valence-electron chi connectivity index (χ1n) is 7.00. The zero-order valence-electron chi connectivity index (χ0n) is 12.3. The summed E-state index contributed by atoms with van der Waals surface area (Å²) in [6.45, 7) is 10.4. The smallest absolute Gasteiger partial charge is 0.272 e. The van der Waals surface area contributed by atoms with Gasteiger partial charge in [-0.15, -0.1) is 0 Å². The minimum atomic E-state index is -0.296. The van der Waals surface area contributed by atoms with Crippen molar-refractivity contribution in [1.82, 2.24) is 4.90 Å². The Kier molecular flexibility index (Phi) is 5.96. The first kappa shape index (κ1) is 15.6. The first-order valence-corrected chi connectivity index (χ1v) is 7.00. The second kappa shape index (κ2) is 7.24. The molecule has 0 N–H and O–H groups in total. The molecule has 0 bridgehead atoms. The predicted molar refractivity (Wildman–Crippen MR) is 78.4 cm³/mol. The molecule has 4 heteroatoms. The first-order chi connectivity index (χ1) is 9.02. The Labute approximate surface area is 115 Å². The molecule has 1 atom stereocenters. The maximum atomic E-state index is 11.0. The maximum Gasteiger partial charge on any atom is 0.272 e. The summed E-state index contributed by atoms with van der Waals surface area (Å²) in [7, 11) is 0. The minimum Gasteiger partial charge on any atom is -0.297 e. The zero-order chi connectivity index (χ0) is 14.4. The second-order valence-electron chi connectivity index (χ2n) is 4.96. The van der Waals surface area contributed by atoms with Crippen molar-refractivity contribution in [2.24, 2.45) is 0 Å². The molecule has 1 aromatic carbocycles. The van der Waals surface area contributed by atoms with Crippen molar-refractivity contribution < 1.29 is 4.92 Å². The van der Waals surface area contributed by atoms with E-state index in [0.717, 1.165) is 37.1 Å². The molecule has 0 unspecified atom stereocenters. The Morgan fingerprint density at radius 3 is 2.32 bits per heavy atom. The average molecular weight is 264 g/mol. The van der Waals surface area contributed by atoms with Gasteiger partial charge in [-0.05, 0) is 45.3 Å². The number of benzene rings is 1. The summed E-state index contributed by atoms with van der Waals surface area (Å²) in [5.74, 6) is 0. The molecule has 0 heterocycles. The van der Waals surface area contributed by atoms with Crippen molar-refractivity contribution in [3.63, 3.8) is 0 Å². The lowest BCUT2D eigenvalue weighted by molar-refractivity contribution is -0.385. The van der Waals surface area contributed by atoms with Gasteiger partial charge in [0.05, 0.1) is 4.92 Å². The van der Waals surface area contributed by atoms with Crippen LogP contribution in [0.5, 0.6) is 0 Å². The Hall–Kier alpha value is -1.42. The molecule has 0 saturated heterocycles. The van der Waals surface area contributed by atoms with Crippen LogP contribution in [-0.2, 0) is 0 Å². The summed E-state index contributed by atoms with van der Waals surface area (Å²) in [6.07, 6.45) is 2.19. The van der Waals surface area contributed by atoms with Gasteiger partial charge in [-0.3, -0.25) is 15.0 Å². The Bertz CT molecular complexity index is 426. The molecular formula is C15H24N2O2. The molecule has 0 aliphatic carbocycles. The van der Waals surface area contributed by atoms with Gasteiger partial charge in [-0.2, -0.15) is 0 Å². The van der Waals surface area contributed by atoms with Gasteiger partial charge < -0.3 is 0 Å². The van der Waals surface area contributed by atoms with Crippen LogP contribution in [0.2, 0.25) is 0 Å². The summed E-state index contributed by atoms with van der Waals surface area (Å²) in [5, 5.41) is 11.0. The molecule has 19 heavy (non-hydrogen) atoms. The molecule has 0 aliphatic rings. The van der Waals surface area contributed by atoms with E-state index in [9.17, 15) is 10.1 Å². The van der Waals surface area contributed by atoms with Crippen LogP contribution >= 0.6 is 0 Å². The van der Waals surface area contributed by atoms with Gasteiger partial charge in [0, 0.05) is 17.7 Å². The molecule has 0 spiro atoms. The Balaban J connectivity index is 3.06. The summed E-state index contributed by atoms with van der Waals surface area (Å²) < 4.78 is 0. The highest BCUT2D eigenvalue weighted by Crippen LogP contribution is 2.29. The molecule has 0 saturated carbocycles. The number of nitro benzene ring substituents is 1. The fraction of sp³-hybridized carbons (Fsp3) is 0.600. The second-order valence-corrected chi connectivity index (χ2v) is 4.96. The van der Waals surface area contributed by atoms with Crippen molar-refractivity contribution in [3.05, 3.63) is 39.4 Å². The molecule has 106 valence electrons. The number of nitro groups is 1. The van der Waals surface area contributed by atoms with Gasteiger partial charge in [0.1, 0.15) is 0 Å². The highest BCUT2D eigenvalue weighted by atomic mass is 16.6. The van der Waals surface area contributed by atoms with E-state index in [1.54, 1.807) is 12.1 Å². The maximum absolute atomic E-state index is 11.0. The van der Waals surface area contributed by atoms with Crippen molar-refractivity contribution >= 4 is 5.69 Å². The van der Waals surface area contributed by atoms with Crippen LogP contribution in [0.4, 0.5) is 5.69 Å². The quantitative estimate of drug-likeness (QED) is 0.550. The van der Waals surface area contributed by atoms with Gasteiger partial charge in [0.25, 0.3) is 5.69 Å². The van der Waals surface area contributed by atoms with E-state index in [1.807, 2.05) is 13.0 Å². The van der Waals surface area contributed by atoms with E-state index in [1.165, 1.54) is 0 Å². The van der Waals surface area contributed by atoms with E-state index in [-0.39, 0.29) is 16.7 Å². The van der Waals surface area contributed by atoms with Crippen LogP contribution in [-0.4, -0.2) is 22.9 Å². The summed E-state index contributed by atoms with van der Waals surface area (Å²) in [5.41, 5.74) is 2.07. The fourth-order valence-electron chi connectivity index (χ4n) is 2.56. The lowest BCUT2D eigenvalue weighted by Gasteiger charge is -2.29. The number of hydrogen-bond acceptors (Lipinski definition) is 3. The van der Waals surface area contributed by atoms with E-state index in [2.05, 4.69) is 25.7 Å². The average Bonchev–Trinajstić information content (AvgIpc) is 2.37. The SMILES string of the molecule is CCCN(CCC)[C@@H](C)c1cccc([N+](=O)[O-])c1C. The molecule has 1 aromatic rings. The molecular weight excluding hydrogens is 240 g/mol. The number of rotatable bonds is 7. The van der Waals surface area contributed by atoms with Gasteiger partial charge in [-0.1, -0.05) is 26.0 Å². The third-order valence-corrected chi connectivity index (χ3v) is 3.56. The largest absolute Gasteiger partial charge is 0.297 e. The standard InChI is InChI=1S/C15H24N2O2/c1-5-10-16(11-6-2)13(4)14-8-7-9-15(12(14)3)17(18)19/h7-9,13H,5-6,10-11H2,1-4H3/t13-/m0/s1. The van der Waals surface area contributed by atoms with E-state index >= 15 is 0 Å². The Morgan fingerprint density at radius 2 is 1.84 bits per heavy atom. The third kappa shape index (κ3) is 3.77. The number of hydrogen-bond donors (Lipinski definition) is 0. The molecule has 0 radical (unpaired) electrons. The van der Waals surface area contributed by atoms with Crippen molar-refractivity contribution in [2.45, 2.75) is 46.6 Å². The van der Waals surface area contributed by atoms with Gasteiger partial charge >= 0.3 is 0 Å². The van der Waals surface area contributed by atoms with Crippen LogP contribution in [0.3, 0.4) is 0 Å². The van der Waals surface area contributed by atoms with Crippen molar-refractivity contribution in [2.75, 3.05) is 13.1 Å². The molecule has 0 aromatic heterocycles. The highest BCUT2D eigenvalue weighted by molar-refractivity contribution is 5.45. The predicted octanol–water partition coefficient (Wildman–Crippen LogP) is 4.09. The zero-order valence-corrected chi connectivity index (χ0v) is 12.3. The molecule has 0 aliphatic heterocycles. The van der Waals surface area contributed by atoms with E-state index in [0.29, 0.717) is 0 Å². The van der Waals surface area contributed by atoms with E-state index in [4.69, 9.17) is 0 Å². The lowest BCUT2D eigenvalue weighted by atomic mass is 9.99. The van der Waals surface area contributed by atoms with Crippen LogP contribution in [0, 0.1) is 17.0 Å². The molecule has 1 rings (SSSR count). The topological polar surface area (TPSA) is 46.4 Å². The van der Waals surface area contributed by atoms with E-state index < -0.39 is 0 Å². The molecule has 4 nitrogen and oxygen atoms in total. The third-order valence-electron chi connectivity index (χ3n) is 3.56. The molecule has 0 fully saturated rings. The molecule has 0 amide bonds. The van der Waals surface area contributed by atoms with Gasteiger partial charge in [0.2, 0.25) is 0 Å².